The Morgan fingerprint density at radius 2 is 1.88 bits per heavy atom. The van der Waals surface area contributed by atoms with E-state index >= 15 is 0 Å². The summed E-state index contributed by atoms with van der Waals surface area (Å²) in [6, 6.07) is 4.46. The van der Waals surface area contributed by atoms with E-state index in [4.69, 9.17) is 11.6 Å². The van der Waals surface area contributed by atoms with E-state index in [1.54, 1.807) is 6.07 Å². The minimum atomic E-state index is -3.68. The van der Waals surface area contributed by atoms with Crippen molar-refractivity contribution in [1.82, 2.24) is 9.62 Å². The molecule has 7 heteroatoms. The Balaban J connectivity index is 2.31. The zero-order valence-electron chi connectivity index (χ0n) is 14.2. The number of benzene rings is 1. The lowest BCUT2D eigenvalue weighted by Crippen LogP contribution is -2.33. The Morgan fingerprint density at radius 3 is 2.46 bits per heavy atom. The summed E-state index contributed by atoms with van der Waals surface area (Å²) in [5, 5.41) is 3.00. The van der Waals surface area contributed by atoms with Crippen molar-refractivity contribution < 1.29 is 13.2 Å². The number of halogens is 1. The largest absolute Gasteiger partial charge is 0.350 e. The predicted octanol–water partition coefficient (Wildman–Crippen LogP) is 3.43. The molecule has 1 aromatic rings. The molecule has 0 aromatic heterocycles. The van der Waals surface area contributed by atoms with E-state index in [2.05, 4.69) is 5.32 Å². The van der Waals surface area contributed by atoms with E-state index in [1.165, 1.54) is 16.4 Å². The molecule has 134 valence electrons. The summed E-state index contributed by atoms with van der Waals surface area (Å²) in [6.45, 7) is 4.88. The summed E-state index contributed by atoms with van der Waals surface area (Å²) < 4.78 is 27.3. The van der Waals surface area contributed by atoms with Gasteiger partial charge in [-0.25, -0.2) is 8.42 Å². The van der Waals surface area contributed by atoms with Crippen LogP contribution in [0.1, 0.15) is 56.3 Å². The van der Waals surface area contributed by atoms with Gasteiger partial charge in [-0.3, -0.25) is 4.79 Å². The Hall–Kier alpha value is -1.11. The predicted molar refractivity (Wildman–Crippen MR) is 95.9 cm³/mol. The monoisotopic (exact) mass is 372 g/mol. The summed E-state index contributed by atoms with van der Waals surface area (Å²) in [6.07, 6.45) is 4.59. The third-order valence-electron chi connectivity index (χ3n) is 4.37. The number of carbonyl (C=O) groups excluding carboxylic acids is 1. The van der Waals surface area contributed by atoms with Crippen molar-refractivity contribution in [1.29, 1.82) is 0 Å². The Kier molecular flexibility index (Phi) is 6.66. The average molecular weight is 373 g/mol. The summed E-state index contributed by atoms with van der Waals surface area (Å²) in [5.41, 5.74) is 0.313. The maximum Gasteiger partial charge on any atom is 0.251 e. The third-order valence-corrected chi connectivity index (χ3v) is 6.75. The number of amides is 1. The van der Waals surface area contributed by atoms with Crippen molar-refractivity contribution in [3.05, 3.63) is 28.8 Å². The van der Waals surface area contributed by atoms with Crippen molar-refractivity contribution in [2.24, 2.45) is 0 Å². The molecule has 1 saturated heterocycles. The van der Waals surface area contributed by atoms with Gasteiger partial charge >= 0.3 is 0 Å². The summed E-state index contributed by atoms with van der Waals surface area (Å²) in [4.78, 5) is 12.3. The average Bonchev–Trinajstić information content (AvgIpc) is 2.84. The van der Waals surface area contributed by atoms with Gasteiger partial charge in [0.1, 0.15) is 4.90 Å². The number of rotatable bonds is 5. The Morgan fingerprint density at radius 1 is 1.25 bits per heavy atom. The van der Waals surface area contributed by atoms with E-state index in [9.17, 15) is 13.2 Å². The molecule has 0 saturated carbocycles. The van der Waals surface area contributed by atoms with E-state index in [0.717, 1.165) is 32.1 Å². The molecule has 1 aromatic carbocycles. The third kappa shape index (κ3) is 4.49. The normalized spacial score (nSPS) is 18.0. The molecule has 1 fully saturated rings. The quantitative estimate of drug-likeness (QED) is 0.860. The van der Waals surface area contributed by atoms with Gasteiger partial charge in [0.05, 0.1) is 5.02 Å². The SMILES string of the molecule is CCC(C)NC(=O)c1ccc(Cl)c(S(=O)(=O)N2CCCCCC2)c1. The Labute approximate surface area is 149 Å². The fourth-order valence-corrected chi connectivity index (χ4v) is 4.69. The van der Waals surface area contributed by atoms with Crippen LogP contribution in [0.5, 0.6) is 0 Å². The summed E-state index contributed by atoms with van der Waals surface area (Å²) in [7, 11) is -3.68. The highest BCUT2D eigenvalue weighted by molar-refractivity contribution is 7.89. The number of hydrogen-bond acceptors (Lipinski definition) is 3. The van der Waals surface area contributed by atoms with Gasteiger partial charge in [0.2, 0.25) is 10.0 Å². The molecule has 1 amide bonds. The maximum absolute atomic E-state index is 12.9. The second-order valence-corrected chi connectivity index (χ2v) is 8.56. The highest BCUT2D eigenvalue weighted by atomic mass is 35.5. The zero-order chi connectivity index (χ0) is 17.7. The number of sulfonamides is 1. The highest BCUT2D eigenvalue weighted by Gasteiger charge is 2.28. The molecule has 1 unspecified atom stereocenters. The van der Waals surface area contributed by atoms with Crippen LogP contribution in [0.2, 0.25) is 5.02 Å². The van der Waals surface area contributed by atoms with Crippen molar-refractivity contribution in [2.45, 2.75) is 56.9 Å². The summed E-state index contributed by atoms with van der Waals surface area (Å²) >= 11 is 6.14. The fraction of sp³-hybridized carbons (Fsp3) is 0.588. The lowest BCUT2D eigenvalue weighted by Gasteiger charge is -2.21. The molecule has 0 aliphatic carbocycles. The number of carbonyl (C=O) groups is 1. The first-order valence-electron chi connectivity index (χ1n) is 8.47. The lowest BCUT2D eigenvalue weighted by molar-refractivity contribution is 0.0939. The molecule has 5 nitrogen and oxygen atoms in total. The number of nitrogens with zero attached hydrogens (tertiary/aromatic N) is 1. The molecule has 24 heavy (non-hydrogen) atoms. The lowest BCUT2D eigenvalue weighted by atomic mass is 10.2. The van der Waals surface area contributed by atoms with Crippen LogP contribution in [0.4, 0.5) is 0 Å². The van der Waals surface area contributed by atoms with Gasteiger partial charge in [-0.2, -0.15) is 4.31 Å². The molecule has 1 heterocycles. The molecule has 0 radical (unpaired) electrons. The van der Waals surface area contributed by atoms with Crippen molar-refractivity contribution in [3.63, 3.8) is 0 Å². The van der Waals surface area contributed by atoms with Gasteiger partial charge in [-0.1, -0.05) is 31.4 Å². The maximum atomic E-state index is 12.9. The zero-order valence-corrected chi connectivity index (χ0v) is 15.8. The minimum Gasteiger partial charge on any atom is -0.350 e. The minimum absolute atomic E-state index is 0.0165. The van der Waals surface area contributed by atoms with Gasteiger partial charge in [0.25, 0.3) is 5.91 Å². The molecule has 1 aliphatic heterocycles. The van der Waals surface area contributed by atoms with E-state index in [-0.39, 0.29) is 21.9 Å². The number of hydrogen-bond donors (Lipinski definition) is 1. The molecular formula is C17H25ClN2O3S. The van der Waals surface area contributed by atoms with Gasteiger partial charge in [-0.05, 0) is 44.4 Å². The van der Waals surface area contributed by atoms with Gasteiger partial charge in [0.15, 0.2) is 0 Å². The van der Waals surface area contributed by atoms with Crippen LogP contribution in [0, 0.1) is 0 Å². The highest BCUT2D eigenvalue weighted by Crippen LogP contribution is 2.27. The Bertz CT molecular complexity index is 683. The van der Waals surface area contributed by atoms with Crippen LogP contribution in [0.25, 0.3) is 0 Å². The van der Waals surface area contributed by atoms with Crippen LogP contribution >= 0.6 is 11.6 Å². The van der Waals surface area contributed by atoms with Crippen molar-refractivity contribution in [3.8, 4) is 0 Å². The smallest absolute Gasteiger partial charge is 0.251 e. The molecule has 1 atom stereocenters. The molecular weight excluding hydrogens is 348 g/mol. The van der Waals surface area contributed by atoms with Gasteiger partial charge in [0, 0.05) is 24.7 Å². The van der Waals surface area contributed by atoms with Crippen LogP contribution in [-0.4, -0.2) is 37.8 Å². The fourth-order valence-electron chi connectivity index (χ4n) is 2.67. The standard InChI is InChI=1S/C17H25ClN2O3S/c1-3-13(2)19-17(21)14-8-9-15(18)16(12-14)24(22,23)20-10-6-4-5-7-11-20/h8-9,12-13H,3-7,10-11H2,1-2H3,(H,19,21). The van der Waals surface area contributed by atoms with Crippen LogP contribution in [0.15, 0.2) is 23.1 Å². The molecule has 0 bridgehead atoms. The topological polar surface area (TPSA) is 66.5 Å². The van der Waals surface area contributed by atoms with Gasteiger partial charge in [-0.15, -0.1) is 0 Å². The van der Waals surface area contributed by atoms with E-state index in [0.29, 0.717) is 18.7 Å². The molecule has 2 rings (SSSR count). The van der Waals surface area contributed by atoms with Crippen LogP contribution in [-0.2, 0) is 10.0 Å². The first kappa shape index (κ1) is 19.2. The molecule has 0 spiro atoms. The van der Waals surface area contributed by atoms with Crippen molar-refractivity contribution in [2.75, 3.05) is 13.1 Å². The second-order valence-electron chi connectivity index (χ2n) is 6.25. The van der Waals surface area contributed by atoms with Crippen LogP contribution in [0.3, 0.4) is 0 Å². The van der Waals surface area contributed by atoms with Gasteiger partial charge < -0.3 is 5.32 Å². The van der Waals surface area contributed by atoms with Crippen LogP contribution < -0.4 is 5.32 Å². The molecule has 1 N–H and O–H groups in total. The second kappa shape index (κ2) is 8.32. The number of nitrogens with one attached hydrogen (secondary N) is 1. The first-order valence-corrected chi connectivity index (χ1v) is 10.3. The van der Waals surface area contributed by atoms with E-state index < -0.39 is 10.0 Å². The summed E-state index contributed by atoms with van der Waals surface area (Å²) in [5.74, 6) is -0.284. The van der Waals surface area contributed by atoms with Crippen molar-refractivity contribution >= 4 is 27.5 Å². The first-order chi connectivity index (χ1) is 11.4. The van der Waals surface area contributed by atoms with E-state index in [1.807, 2.05) is 13.8 Å². The molecule has 1 aliphatic rings.